The minimum atomic E-state index is -1.31. The summed E-state index contributed by atoms with van der Waals surface area (Å²) in [6, 6.07) is 12.4. The molecule has 170 valence electrons. The van der Waals surface area contributed by atoms with Crippen LogP contribution in [-0.2, 0) is 4.79 Å². The van der Waals surface area contributed by atoms with Gasteiger partial charge in [0, 0.05) is 31.6 Å². The molecule has 3 heterocycles. The lowest BCUT2D eigenvalue weighted by atomic mass is 10.1. The fourth-order valence-electron chi connectivity index (χ4n) is 4.58. The van der Waals surface area contributed by atoms with Crippen molar-refractivity contribution in [3.05, 3.63) is 69.6 Å². The number of thioether (sulfide) groups is 1. The number of aromatic carboxylic acids is 1. The fourth-order valence-corrected chi connectivity index (χ4v) is 5.86. The van der Waals surface area contributed by atoms with Gasteiger partial charge in [0.05, 0.1) is 22.8 Å². The van der Waals surface area contributed by atoms with Crippen LogP contribution in [0.1, 0.15) is 28.2 Å². The Balaban J connectivity index is 1.61. The number of hydrogen-bond donors (Lipinski definition) is 1. The summed E-state index contributed by atoms with van der Waals surface area (Å²) < 4.78 is 17.0. The van der Waals surface area contributed by atoms with E-state index in [1.54, 1.807) is 13.0 Å². The number of rotatable bonds is 5. The maximum absolute atomic E-state index is 15.2. The van der Waals surface area contributed by atoms with Crippen molar-refractivity contribution in [1.82, 2.24) is 9.47 Å². The second kappa shape index (κ2) is 8.31. The van der Waals surface area contributed by atoms with E-state index in [1.807, 2.05) is 44.7 Å². The Morgan fingerprint density at radius 3 is 2.45 bits per heavy atom. The number of anilines is 1. The van der Waals surface area contributed by atoms with Gasteiger partial charge in [0.2, 0.25) is 5.43 Å². The number of nitrogens with zero attached hydrogens (tertiary/aromatic N) is 3. The summed E-state index contributed by atoms with van der Waals surface area (Å²) in [5, 5.41) is 9.93. The average Bonchev–Trinajstić information content (AvgIpc) is 2.76. The Hall–Kier alpha value is -3.17. The lowest BCUT2D eigenvalue weighted by molar-refractivity contribution is -0.118. The summed E-state index contributed by atoms with van der Waals surface area (Å²) in [6.07, 6.45) is 0. The zero-order chi connectivity index (χ0) is 23.3. The number of carbonyl (C=O) groups excluding carboxylic acids is 1. The zero-order valence-corrected chi connectivity index (χ0v) is 18.8. The molecule has 1 fully saturated rings. The highest BCUT2D eigenvalue weighted by atomic mass is 32.2. The largest absolute Gasteiger partial charge is 0.477 e. The highest BCUT2D eigenvalue weighted by Crippen LogP contribution is 2.50. The number of halogens is 1. The number of ketones is 1. The van der Waals surface area contributed by atoms with Crippen molar-refractivity contribution in [3.63, 3.8) is 0 Å². The van der Waals surface area contributed by atoms with E-state index in [4.69, 9.17) is 0 Å². The minimum Gasteiger partial charge on any atom is -0.477 e. The summed E-state index contributed by atoms with van der Waals surface area (Å²) in [6.45, 7) is 4.31. The molecule has 2 aliphatic rings. The molecule has 0 bridgehead atoms. The molecule has 33 heavy (non-hydrogen) atoms. The number of piperazine rings is 1. The molecule has 2 aliphatic heterocycles. The Labute approximate surface area is 193 Å². The standard InChI is InChI=1S/C24H22FN3O4S/c1-14(29)13-26-7-9-27(10-8-26)19-12-18-16(11-17(19)25)21(30)20(24(31)32)23-28(18)22(33-23)15-5-3-2-4-6-15/h2-6,11-12,22H,7-10,13H2,1H3,(H,31,32). The van der Waals surface area contributed by atoms with E-state index < -0.39 is 17.2 Å². The second-order valence-corrected chi connectivity index (χ2v) is 9.42. The predicted molar refractivity (Wildman–Crippen MR) is 125 cm³/mol. The monoisotopic (exact) mass is 467 g/mol. The normalized spacial score (nSPS) is 18.1. The number of carbonyl (C=O) groups is 2. The quantitative estimate of drug-likeness (QED) is 0.617. The van der Waals surface area contributed by atoms with Gasteiger partial charge in [-0.25, -0.2) is 9.18 Å². The topological polar surface area (TPSA) is 82.8 Å². The van der Waals surface area contributed by atoms with Crippen molar-refractivity contribution in [2.45, 2.75) is 17.3 Å². The van der Waals surface area contributed by atoms with Crippen molar-refractivity contribution in [2.24, 2.45) is 0 Å². The summed E-state index contributed by atoms with van der Waals surface area (Å²) in [7, 11) is 0. The minimum absolute atomic E-state index is 0.0637. The van der Waals surface area contributed by atoms with Gasteiger partial charge in [-0.2, -0.15) is 0 Å². The highest BCUT2D eigenvalue weighted by molar-refractivity contribution is 8.00. The van der Waals surface area contributed by atoms with Crippen LogP contribution in [0.3, 0.4) is 0 Å². The molecule has 1 atom stereocenters. The van der Waals surface area contributed by atoms with Gasteiger partial charge in [0.15, 0.2) is 0 Å². The summed E-state index contributed by atoms with van der Waals surface area (Å²) in [4.78, 5) is 40.2. The lowest BCUT2D eigenvalue weighted by Crippen LogP contribution is -2.48. The molecular formula is C24H22FN3O4S. The van der Waals surface area contributed by atoms with E-state index in [0.29, 0.717) is 49.0 Å². The van der Waals surface area contributed by atoms with Crippen molar-refractivity contribution in [3.8, 4) is 0 Å². The van der Waals surface area contributed by atoms with Crippen LogP contribution in [0.25, 0.3) is 10.9 Å². The molecule has 9 heteroatoms. The van der Waals surface area contributed by atoms with Gasteiger partial charge >= 0.3 is 5.97 Å². The molecule has 3 aromatic rings. The molecule has 0 aliphatic carbocycles. The fraction of sp³-hybridized carbons (Fsp3) is 0.292. The number of hydrogen-bond acceptors (Lipinski definition) is 6. The van der Waals surface area contributed by atoms with Gasteiger partial charge in [-0.15, -0.1) is 0 Å². The Bertz CT molecular complexity index is 1330. The van der Waals surface area contributed by atoms with Crippen LogP contribution in [0, 0.1) is 5.82 Å². The van der Waals surface area contributed by atoms with Crippen molar-refractivity contribution in [1.29, 1.82) is 0 Å². The number of pyridine rings is 1. The van der Waals surface area contributed by atoms with Gasteiger partial charge in [-0.05, 0) is 24.6 Å². The van der Waals surface area contributed by atoms with Crippen LogP contribution in [-0.4, -0.2) is 59.0 Å². The summed E-state index contributed by atoms with van der Waals surface area (Å²) in [5.74, 6) is -1.77. The maximum atomic E-state index is 15.2. The molecule has 0 amide bonds. The average molecular weight is 468 g/mol. The van der Waals surface area contributed by atoms with Gasteiger partial charge in [0.1, 0.15) is 22.5 Å². The van der Waals surface area contributed by atoms with Crippen molar-refractivity contribution < 1.29 is 19.1 Å². The summed E-state index contributed by atoms with van der Waals surface area (Å²) >= 11 is 1.32. The molecule has 0 saturated carbocycles. The second-order valence-electron chi connectivity index (χ2n) is 8.35. The first-order valence-electron chi connectivity index (χ1n) is 10.7. The number of carboxylic acids is 1. The van der Waals surface area contributed by atoms with Crippen molar-refractivity contribution >= 4 is 40.1 Å². The molecule has 1 aromatic heterocycles. The third-order valence-corrected chi connectivity index (χ3v) is 7.47. The third kappa shape index (κ3) is 3.71. The van der Waals surface area contributed by atoms with Gasteiger partial charge < -0.3 is 14.6 Å². The van der Waals surface area contributed by atoms with Gasteiger partial charge in [-0.1, -0.05) is 42.1 Å². The van der Waals surface area contributed by atoms with E-state index in [2.05, 4.69) is 0 Å². The summed E-state index contributed by atoms with van der Waals surface area (Å²) in [5.41, 5.74) is 0.894. The molecule has 5 rings (SSSR count). The van der Waals surface area contributed by atoms with Crippen LogP contribution in [0.2, 0.25) is 0 Å². The van der Waals surface area contributed by atoms with Crippen LogP contribution in [0.4, 0.5) is 10.1 Å². The van der Waals surface area contributed by atoms with E-state index >= 15 is 4.39 Å². The first-order valence-corrected chi connectivity index (χ1v) is 11.6. The number of fused-ring (bicyclic) bond motifs is 3. The van der Waals surface area contributed by atoms with Crippen LogP contribution >= 0.6 is 11.8 Å². The van der Waals surface area contributed by atoms with E-state index in [-0.39, 0.29) is 22.1 Å². The smallest absolute Gasteiger partial charge is 0.342 e. The van der Waals surface area contributed by atoms with Crippen LogP contribution in [0.5, 0.6) is 0 Å². The number of benzene rings is 2. The number of carboxylic acid groups (broad SMARTS) is 1. The molecule has 0 radical (unpaired) electrons. The first-order chi connectivity index (χ1) is 15.8. The maximum Gasteiger partial charge on any atom is 0.342 e. The molecule has 7 nitrogen and oxygen atoms in total. The lowest BCUT2D eigenvalue weighted by Gasteiger charge is -2.37. The molecule has 1 saturated heterocycles. The van der Waals surface area contributed by atoms with E-state index in [0.717, 1.165) is 5.56 Å². The van der Waals surface area contributed by atoms with Crippen LogP contribution < -0.4 is 10.3 Å². The Morgan fingerprint density at radius 1 is 1.12 bits per heavy atom. The molecule has 0 spiro atoms. The molecule has 1 N–H and O–H groups in total. The van der Waals surface area contributed by atoms with Gasteiger partial charge in [0.25, 0.3) is 0 Å². The number of Topliss-reactive ketones (excluding diaryl/α,β-unsaturated/α-hetero) is 1. The van der Waals surface area contributed by atoms with E-state index in [1.165, 1.54) is 17.8 Å². The van der Waals surface area contributed by atoms with Crippen molar-refractivity contribution in [2.75, 3.05) is 37.6 Å². The highest BCUT2D eigenvalue weighted by Gasteiger charge is 2.36. The van der Waals surface area contributed by atoms with Gasteiger partial charge in [-0.3, -0.25) is 14.5 Å². The Kier molecular flexibility index (Phi) is 5.46. The molecule has 2 aromatic carbocycles. The number of aromatic nitrogens is 1. The molecule has 1 unspecified atom stereocenters. The zero-order valence-electron chi connectivity index (χ0n) is 18.0. The Morgan fingerprint density at radius 2 is 1.82 bits per heavy atom. The SMILES string of the molecule is CC(=O)CN1CCN(c2cc3c(cc2F)c(=O)c(C(=O)O)c2n3C(c3ccccc3)S2)CC1. The van der Waals surface area contributed by atoms with E-state index in [9.17, 15) is 19.5 Å². The predicted octanol–water partition coefficient (Wildman–Crippen LogP) is 3.20. The van der Waals surface area contributed by atoms with Crippen LogP contribution in [0.15, 0.2) is 52.3 Å². The first kappa shape index (κ1) is 21.7. The third-order valence-electron chi connectivity index (χ3n) is 6.14. The molecular weight excluding hydrogens is 445 g/mol.